The zero-order chi connectivity index (χ0) is 13.8. The maximum atomic E-state index is 9.70. The Morgan fingerprint density at radius 2 is 1.70 bits per heavy atom. The first kappa shape index (κ1) is 12.6. The van der Waals surface area contributed by atoms with Crippen molar-refractivity contribution in [2.24, 2.45) is 0 Å². The molecule has 0 aliphatic carbocycles. The number of para-hydroxylation sites is 1. The van der Waals surface area contributed by atoms with Crippen LogP contribution in [0.1, 0.15) is 5.56 Å². The summed E-state index contributed by atoms with van der Waals surface area (Å²) >= 11 is 1.50. The highest BCUT2D eigenvalue weighted by Gasteiger charge is 2.06. The quantitative estimate of drug-likeness (QED) is 0.769. The summed E-state index contributed by atoms with van der Waals surface area (Å²) in [5.74, 6) is 0.285. The van der Waals surface area contributed by atoms with E-state index in [0.29, 0.717) is 6.54 Å². The molecule has 100 valence electrons. The van der Waals surface area contributed by atoms with Gasteiger partial charge in [0.1, 0.15) is 10.8 Å². The van der Waals surface area contributed by atoms with Crippen LogP contribution in [0.25, 0.3) is 10.6 Å². The monoisotopic (exact) mass is 283 g/mol. The molecule has 0 spiro atoms. The van der Waals surface area contributed by atoms with Crippen LogP contribution < -0.4 is 5.32 Å². The van der Waals surface area contributed by atoms with Gasteiger partial charge in [0.2, 0.25) is 5.13 Å². The predicted octanol–water partition coefficient (Wildman–Crippen LogP) is 3.52. The summed E-state index contributed by atoms with van der Waals surface area (Å²) in [5.41, 5.74) is 1.89. The molecule has 5 heteroatoms. The van der Waals surface area contributed by atoms with E-state index in [1.54, 1.807) is 12.1 Å². The van der Waals surface area contributed by atoms with Crippen LogP contribution in [0.5, 0.6) is 5.75 Å². The molecule has 0 radical (unpaired) electrons. The van der Waals surface area contributed by atoms with Crippen LogP contribution in [0.4, 0.5) is 5.13 Å². The molecule has 0 atom stereocenters. The van der Waals surface area contributed by atoms with Crippen molar-refractivity contribution in [2.45, 2.75) is 6.54 Å². The van der Waals surface area contributed by atoms with Gasteiger partial charge in [-0.25, -0.2) is 0 Å². The number of aromatic hydroxyl groups is 1. The van der Waals surface area contributed by atoms with E-state index in [-0.39, 0.29) is 5.75 Å². The molecular formula is C15H13N3OS. The molecular weight excluding hydrogens is 270 g/mol. The maximum absolute atomic E-state index is 9.70. The van der Waals surface area contributed by atoms with E-state index in [1.807, 2.05) is 42.5 Å². The molecule has 1 aromatic heterocycles. The number of nitrogens with one attached hydrogen (secondary N) is 1. The fraction of sp³-hybridized carbons (Fsp3) is 0.0667. The highest BCUT2D eigenvalue weighted by Crippen LogP contribution is 2.26. The second-order valence-electron chi connectivity index (χ2n) is 4.26. The van der Waals surface area contributed by atoms with Crippen LogP contribution in [0, 0.1) is 0 Å². The summed E-state index contributed by atoms with van der Waals surface area (Å²) in [6.45, 7) is 0.524. The number of benzene rings is 2. The topological polar surface area (TPSA) is 58.0 Å². The Labute approximate surface area is 120 Å². The molecule has 20 heavy (non-hydrogen) atoms. The van der Waals surface area contributed by atoms with Gasteiger partial charge < -0.3 is 10.4 Å². The van der Waals surface area contributed by atoms with Crippen LogP contribution in [-0.2, 0) is 6.54 Å². The third-order valence-electron chi connectivity index (χ3n) is 2.87. The number of rotatable bonds is 4. The molecule has 0 aliphatic rings. The molecule has 3 aromatic rings. The summed E-state index contributed by atoms with van der Waals surface area (Å²) in [4.78, 5) is 0. The third kappa shape index (κ3) is 2.78. The number of nitrogens with zero attached hydrogens (tertiary/aromatic N) is 2. The van der Waals surface area contributed by atoms with E-state index in [2.05, 4.69) is 15.5 Å². The molecule has 0 fully saturated rings. The van der Waals surface area contributed by atoms with Gasteiger partial charge in [-0.05, 0) is 6.07 Å². The Kier molecular flexibility index (Phi) is 3.60. The van der Waals surface area contributed by atoms with Gasteiger partial charge in [0, 0.05) is 17.7 Å². The zero-order valence-corrected chi connectivity index (χ0v) is 11.5. The van der Waals surface area contributed by atoms with Crippen LogP contribution in [0.2, 0.25) is 0 Å². The van der Waals surface area contributed by atoms with E-state index in [1.165, 1.54) is 11.3 Å². The van der Waals surface area contributed by atoms with Crippen molar-refractivity contribution in [3.8, 4) is 16.3 Å². The van der Waals surface area contributed by atoms with Crippen LogP contribution >= 0.6 is 11.3 Å². The van der Waals surface area contributed by atoms with E-state index >= 15 is 0 Å². The Balaban J connectivity index is 1.71. The highest BCUT2D eigenvalue weighted by molar-refractivity contribution is 7.18. The van der Waals surface area contributed by atoms with Crippen molar-refractivity contribution in [1.29, 1.82) is 0 Å². The molecule has 0 saturated carbocycles. The second kappa shape index (κ2) is 5.71. The molecule has 2 N–H and O–H groups in total. The fourth-order valence-corrected chi connectivity index (χ4v) is 2.57. The molecule has 2 aromatic carbocycles. The Morgan fingerprint density at radius 3 is 2.50 bits per heavy atom. The van der Waals surface area contributed by atoms with Gasteiger partial charge >= 0.3 is 0 Å². The second-order valence-corrected chi connectivity index (χ2v) is 5.24. The van der Waals surface area contributed by atoms with Crippen LogP contribution in [0.3, 0.4) is 0 Å². The van der Waals surface area contributed by atoms with E-state index in [9.17, 15) is 5.11 Å². The van der Waals surface area contributed by atoms with Crippen molar-refractivity contribution < 1.29 is 5.11 Å². The zero-order valence-electron chi connectivity index (χ0n) is 10.7. The molecule has 0 saturated heterocycles. The standard InChI is InChI=1S/C15H13N3OS/c19-13-9-5-4-8-12(13)10-16-15-18-17-14(20-15)11-6-2-1-3-7-11/h1-9,19H,10H2,(H,16,18). The molecule has 0 aliphatic heterocycles. The van der Waals surface area contributed by atoms with Gasteiger partial charge in [0.05, 0.1) is 0 Å². The van der Waals surface area contributed by atoms with E-state index in [4.69, 9.17) is 0 Å². The number of aromatic nitrogens is 2. The number of hydrogen-bond acceptors (Lipinski definition) is 5. The minimum Gasteiger partial charge on any atom is -0.508 e. The van der Waals surface area contributed by atoms with Gasteiger partial charge in [0.25, 0.3) is 0 Å². The lowest BCUT2D eigenvalue weighted by atomic mass is 10.2. The summed E-state index contributed by atoms with van der Waals surface area (Å²) in [6.07, 6.45) is 0. The van der Waals surface area contributed by atoms with Crippen molar-refractivity contribution in [3.05, 3.63) is 60.2 Å². The molecule has 0 unspecified atom stereocenters. The lowest BCUT2D eigenvalue weighted by molar-refractivity contribution is 0.469. The van der Waals surface area contributed by atoms with Crippen molar-refractivity contribution in [3.63, 3.8) is 0 Å². The predicted molar refractivity (Wildman–Crippen MR) is 80.8 cm³/mol. The Bertz CT molecular complexity index is 697. The first-order chi connectivity index (χ1) is 9.83. The largest absolute Gasteiger partial charge is 0.508 e. The third-order valence-corrected chi connectivity index (χ3v) is 3.80. The first-order valence-electron chi connectivity index (χ1n) is 6.22. The van der Waals surface area contributed by atoms with E-state index < -0.39 is 0 Å². The SMILES string of the molecule is Oc1ccccc1CNc1nnc(-c2ccccc2)s1. The average molecular weight is 283 g/mol. The highest BCUT2D eigenvalue weighted by atomic mass is 32.1. The fourth-order valence-electron chi connectivity index (χ4n) is 1.82. The lowest BCUT2D eigenvalue weighted by Gasteiger charge is -2.04. The molecule has 1 heterocycles. The minimum absolute atomic E-state index is 0.285. The van der Waals surface area contributed by atoms with Crippen LogP contribution in [0.15, 0.2) is 54.6 Å². The maximum Gasteiger partial charge on any atom is 0.206 e. The summed E-state index contributed by atoms with van der Waals surface area (Å²) in [5, 5.41) is 22.8. The first-order valence-corrected chi connectivity index (χ1v) is 7.04. The van der Waals surface area contributed by atoms with Crippen LogP contribution in [-0.4, -0.2) is 15.3 Å². The molecule has 0 bridgehead atoms. The van der Waals surface area contributed by atoms with Crippen molar-refractivity contribution >= 4 is 16.5 Å². The summed E-state index contributed by atoms with van der Waals surface area (Å²) in [7, 11) is 0. The number of phenolic OH excluding ortho intramolecular Hbond substituents is 1. The van der Waals surface area contributed by atoms with Gasteiger partial charge in [-0.2, -0.15) is 0 Å². The minimum atomic E-state index is 0.285. The molecule has 0 amide bonds. The lowest BCUT2D eigenvalue weighted by Crippen LogP contribution is -1.98. The number of phenols is 1. The smallest absolute Gasteiger partial charge is 0.206 e. The summed E-state index contributed by atoms with van der Waals surface area (Å²) in [6, 6.07) is 17.2. The number of anilines is 1. The van der Waals surface area contributed by atoms with Crippen molar-refractivity contribution in [2.75, 3.05) is 5.32 Å². The van der Waals surface area contributed by atoms with E-state index in [0.717, 1.165) is 21.3 Å². The summed E-state index contributed by atoms with van der Waals surface area (Å²) < 4.78 is 0. The Hall–Kier alpha value is -2.40. The molecule has 4 nitrogen and oxygen atoms in total. The van der Waals surface area contributed by atoms with Gasteiger partial charge in [-0.1, -0.05) is 59.9 Å². The number of hydrogen-bond donors (Lipinski definition) is 2. The van der Waals surface area contributed by atoms with Gasteiger partial charge in [-0.15, -0.1) is 10.2 Å². The van der Waals surface area contributed by atoms with Crippen molar-refractivity contribution in [1.82, 2.24) is 10.2 Å². The normalized spacial score (nSPS) is 10.4. The molecule has 3 rings (SSSR count). The van der Waals surface area contributed by atoms with Gasteiger partial charge in [-0.3, -0.25) is 0 Å². The van der Waals surface area contributed by atoms with Gasteiger partial charge in [0.15, 0.2) is 0 Å². The Morgan fingerprint density at radius 1 is 0.950 bits per heavy atom. The average Bonchev–Trinajstić information content (AvgIpc) is 2.96.